The van der Waals surface area contributed by atoms with E-state index >= 15 is 0 Å². The Morgan fingerprint density at radius 3 is 2.39 bits per heavy atom. The van der Waals surface area contributed by atoms with Gasteiger partial charge in [-0.1, -0.05) is 0 Å². The van der Waals surface area contributed by atoms with Crippen LogP contribution in [0.1, 0.15) is 72.6 Å². The zero-order valence-electron chi connectivity index (χ0n) is 18.8. The summed E-state index contributed by atoms with van der Waals surface area (Å²) in [6.07, 6.45) is 8.14. The fourth-order valence-electron chi connectivity index (χ4n) is 4.85. The number of carbonyl (C=O) groups excluding carboxylic acids is 1. The molecule has 162 valence electrons. The minimum Gasteiger partial charge on any atom is -0.443 e. The second-order valence-corrected chi connectivity index (χ2v) is 10.4. The SMILES string of the molecule is CN[C@@]1(C)CCN(C(=O)OC(C)(C)CC2C[C@H](OC3CC3)CC[C@]2(C)NC)C1. The molecule has 0 aromatic heterocycles. The lowest BCUT2D eigenvalue weighted by Crippen LogP contribution is -2.54. The zero-order chi connectivity index (χ0) is 20.6. The van der Waals surface area contributed by atoms with Crippen molar-refractivity contribution in [2.24, 2.45) is 5.92 Å². The third kappa shape index (κ3) is 5.19. The van der Waals surface area contributed by atoms with Gasteiger partial charge in [0, 0.05) is 24.2 Å². The number of ether oxygens (including phenoxy) is 2. The Bertz CT molecular complexity index is 565. The largest absolute Gasteiger partial charge is 0.443 e. The first-order valence-electron chi connectivity index (χ1n) is 11.1. The Hall–Kier alpha value is -0.850. The highest BCUT2D eigenvalue weighted by Crippen LogP contribution is 2.42. The summed E-state index contributed by atoms with van der Waals surface area (Å²) in [6, 6.07) is 0. The highest BCUT2D eigenvalue weighted by molar-refractivity contribution is 5.68. The maximum absolute atomic E-state index is 12.8. The molecule has 6 heteroatoms. The van der Waals surface area contributed by atoms with Gasteiger partial charge in [-0.15, -0.1) is 0 Å². The van der Waals surface area contributed by atoms with Crippen molar-refractivity contribution >= 4 is 6.09 Å². The Kier molecular flexibility index (Phi) is 6.33. The predicted octanol–water partition coefficient (Wildman–Crippen LogP) is 3.30. The van der Waals surface area contributed by atoms with Crippen molar-refractivity contribution in [2.75, 3.05) is 27.2 Å². The molecule has 0 aromatic carbocycles. The quantitative estimate of drug-likeness (QED) is 0.692. The van der Waals surface area contributed by atoms with Crippen LogP contribution in [0.5, 0.6) is 0 Å². The molecule has 3 aliphatic rings. The predicted molar refractivity (Wildman–Crippen MR) is 112 cm³/mol. The second-order valence-electron chi connectivity index (χ2n) is 10.4. The van der Waals surface area contributed by atoms with Crippen molar-refractivity contribution in [3.05, 3.63) is 0 Å². The van der Waals surface area contributed by atoms with Crippen LogP contribution < -0.4 is 10.6 Å². The lowest BCUT2D eigenvalue weighted by molar-refractivity contribution is -0.0534. The van der Waals surface area contributed by atoms with E-state index in [1.165, 1.54) is 12.8 Å². The van der Waals surface area contributed by atoms with Gasteiger partial charge >= 0.3 is 6.09 Å². The van der Waals surface area contributed by atoms with Gasteiger partial charge in [-0.25, -0.2) is 4.79 Å². The van der Waals surface area contributed by atoms with Gasteiger partial charge in [0.1, 0.15) is 5.60 Å². The molecule has 1 unspecified atom stereocenters. The molecule has 2 N–H and O–H groups in total. The van der Waals surface area contributed by atoms with E-state index in [-0.39, 0.29) is 17.2 Å². The van der Waals surface area contributed by atoms with Crippen LogP contribution in [0.15, 0.2) is 0 Å². The number of carbonyl (C=O) groups is 1. The van der Waals surface area contributed by atoms with E-state index in [1.54, 1.807) is 0 Å². The van der Waals surface area contributed by atoms with Crippen LogP contribution in [0.25, 0.3) is 0 Å². The van der Waals surface area contributed by atoms with Gasteiger partial charge < -0.3 is 25.0 Å². The number of likely N-dealkylation sites (N-methyl/N-ethyl adjacent to an activating group) is 1. The molecule has 1 heterocycles. The molecule has 3 fully saturated rings. The molecule has 3 rings (SSSR count). The van der Waals surface area contributed by atoms with E-state index in [9.17, 15) is 4.79 Å². The number of nitrogens with zero attached hydrogens (tertiary/aromatic N) is 1. The van der Waals surface area contributed by atoms with Crippen molar-refractivity contribution in [1.82, 2.24) is 15.5 Å². The van der Waals surface area contributed by atoms with Crippen LogP contribution in [0.4, 0.5) is 4.79 Å². The summed E-state index contributed by atoms with van der Waals surface area (Å²) in [6.45, 7) is 10.0. The molecule has 1 amide bonds. The van der Waals surface area contributed by atoms with Crippen molar-refractivity contribution in [2.45, 2.75) is 102 Å². The van der Waals surface area contributed by atoms with Crippen molar-refractivity contribution in [3.63, 3.8) is 0 Å². The first kappa shape index (κ1) is 21.8. The maximum atomic E-state index is 12.8. The summed E-state index contributed by atoms with van der Waals surface area (Å²) in [4.78, 5) is 14.6. The monoisotopic (exact) mass is 395 g/mol. The Morgan fingerprint density at radius 1 is 1.11 bits per heavy atom. The first-order valence-corrected chi connectivity index (χ1v) is 11.1. The molecule has 1 saturated heterocycles. The van der Waals surface area contributed by atoms with Gasteiger partial charge in [-0.2, -0.15) is 0 Å². The first-order chi connectivity index (χ1) is 13.1. The minimum atomic E-state index is -0.500. The Labute approximate surface area is 171 Å². The highest BCUT2D eigenvalue weighted by Gasteiger charge is 2.44. The molecule has 2 saturated carbocycles. The van der Waals surface area contributed by atoms with Crippen LogP contribution in [0.3, 0.4) is 0 Å². The average Bonchev–Trinajstić information content (AvgIpc) is 3.36. The van der Waals surface area contributed by atoms with E-state index in [0.29, 0.717) is 24.7 Å². The number of likely N-dealkylation sites (tertiary alicyclic amines) is 1. The molecule has 4 atom stereocenters. The number of nitrogens with one attached hydrogen (secondary N) is 2. The number of amides is 1. The molecular weight excluding hydrogens is 354 g/mol. The maximum Gasteiger partial charge on any atom is 0.410 e. The van der Waals surface area contributed by atoms with Crippen LogP contribution in [-0.4, -0.2) is 67.1 Å². The van der Waals surface area contributed by atoms with Crippen molar-refractivity contribution in [1.29, 1.82) is 0 Å². The molecule has 0 radical (unpaired) electrons. The fraction of sp³-hybridized carbons (Fsp3) is 0.955. The number of hydrogen-bond donors (Lipinski definition) is 2. The molecule has 0 bridgehead atoms. The summed E-state index contributed by atoms with van der Waals surface area (Å²) in [5.74, 6) is 0.416. The summed E-state index contributed by atoms with van der Waals surface area (Å²) in [5, 5.41) is 6.88. The third-order valence-corrected chi connectivity index (χ3v) is 7.35. The molecule has 0 aromatic rings. The topological polar surface area (TPSA) is 62.8 Å². The molecular formula is C22H41N3O3. The van der Waals surface area contributed by atoms with Crippen LogP contribution in [-0.2, 0) is 9.47 Å². The van der Waals surface area contributed by atoms with Gasteiger partial charge in [-0.05, 0) is 92.7 Å². The van der Waals surface area contributed by atoms with Crippen LogP contribution in [0, 0.1) is 5.92 Å². The highest BCUT2D eigenvalue weighted by atomic mass is 16.6. The van der Waals surface area contributed by atoms with Gasteiger partial charge in [0.05, 0.1) is 12.2 Å². The summed E-state index contributed by atoms with van der Waals surface area (Å²) < 4.78 is 12.3. The van der Waals surface area contributed by atoms with Crippen LogP contribution in [0.2, 0.25) is 0 Å². The lowest BCUT2D eigenvalue weighted by atomic mass is 9.69. The zero-order valence-corrected chi connectivity index (χ0v) is 18.8. The van der Waals surface area contributed by atoms with E-state index in [0.717, 1.165) is 38.6 Å². The standard InChI is InChI=1S/C22H41N3O3/c1-20(2,28-19(26)25-12-11-21(3,15-25)23-5)14-16-13-18(27-17-7-8-17)9-10-22(16,4)24-6/h16-18,23-24H,7-15H2,1-6H3/t16?,18-,21+,22+/m1/s1. The van der Waals surface area contributed by atoms with Crippen LogP contribution >= 0.6 is 0 Å². The molecule has 1 aliphatic heterocycles. The van der Waals surface area contributed by atoms with Gasteiger partial charge in [0.25, 0.3) is 0 Å². The lowest BCUT2D eigenvalue weighted by Gasteiger charge is -2.47. The molecule has 0 spiro atoms. The van der Waals surface area contributed by atoms with E-state index < -0.39 is 5.60 Å². The van der Waals surface area contributed by atoms with Crippen molar-refractivity contribution < 1.29 is 14.3 Å². The van der Waals surface area contributed by atoms with Gasteiger partial charge in [0.2, 0.25) is 0 Å². The minimum absolute atomic E-state index is 0.00932. The fourth-order valence-corrected chi connectivity index (χ4v) is 4.85. The third-order valence-electron chi connectivity index (χ3n) is 7.35. The Morgan fingerprint density at radius 2 is 1.82 bits per heavy atom. The molecule has 2 aliphatic carbocycles. The summed E-state index contributed by atoms with van der Waals surface area (Å²) >= 11 is 0. The normalized spacial score (nSPS) is 36.6. The Balaban J connectivity index is 1.59. The second kappa shape index (κ2) is 8.11. The average molecular weight is 396 g/mol. The van der Waals surface area contributed by atoms with Crippen molar-refractivity contribution in [3.8, 4) is 0 Å². The van der Waals surface area contributed by atoms with Gasteiger partial charge in [0.15, 0.2) is 0 Å². The van der Waals surface area contributed by atoms with Gasteiger partial charge in [-0.3, -0.25) is 0 Å². The van der Waals surface area contributed by atoms with E-state index in [1.807, 2.05) is 11.9 Å². The molecule has 6 nitrogen and oxygen atoms in total. The van der Waals surface area contributed by atoms with E-state index in [4.69, 9.17) is 9.47 Å². The molecule has 28 heavy (non-hydrogen) atoms. The van der Waals surface area contributed by atoms with E-state index in [2.05, 4.69) is 45.4 Å². The summed E-state index contributed by atoms with van der Waals surface area (Å²) in [5.41, 5.74) is -0.448. The summed E-state index contributed by atoms with van der Waals surface area (Å²) in [7, 11) is 4.01. The number of rotatable bonds is 7. The number of hydrogen-bond acceptors (Lipinski definition) is 5. The smallest absolute Gasteiger partial charge is 0.410 e.